The Morgan fingerprint density at radius 1 is 1.31 bits per heavy atom. The van der Waals surface area contributed by atoms with E-state index in [-0.39, 0.29) is 12.2 Å². The second kappa shape index (κ2) is 8.37. The van der Waals surface area contributed by atoms with Crippen LogP contribution in [0.2, 0.25) is 4.34 Å². The number of halogens is 1. The summed E-state index contributed by atoms with van der Waals surface area (Å²) in [4.78, 5) is 3.78. The summed E-state index contributed by atoms with van der Waals surface area (Å²) in [6.07, 6.45) is 5.87. The summed E-state index contributed by atoms with van der Waals surface area (Å²) >= 11 is 8.01. The molecule has 0 unspecified atom stereocenters. The Bertz CT molecular complexity index is 851. The fourth-order valence-electron chi connectivity index (χ4n) is 5.29. The monoisotopic (exact) mass is 462 g/mol. The van der Waals surface area contributed by atoms with Gasteiger partial charge in [0.2, 0.25) is 10.0 Å². The average molecular weight is 463 g/mol. The minimum absolute atomic E-state index is 0.00535. The molecule has 2 fully saturated rings. The zero-order valence-corrected chi connectivity index (χ0v) is 19.6. The van der Waals surface area contributed by atoms with Gasteiger partial charge in [-0.2, -0.15) is 0 Å². The average Bonchev–Trinajstić information content (AvgIpc) is 3.01. The molecule has 0 amide bonds. The molecule has 29 heavy (non-hydrogen) atoms. The van der Waals surface area contributed by atoms with Crippen molar-refractivity contribution in [3.05, 3.63) is 20.3 Å². The molecule has 1 aromatic heterocycles. The Morgan fingerprint density at radius 2 is 2.03 bits per heavy atom. The van der Waals surface area contributed by atoms with Crippen molar-refractivity contribution in [3.8, 4) is 0 Å². The predicted octanol–water partition coefficient (Wildman–Crippen LogP) is 2.82. The van der Waals surface area contributed by atoms with E-state index in [1.807, 2.05) is 0 Å². The molecule has 0 bridgehead atoms. The van der Waals surface area contributed by atoms with Crippen LogP contribution in [-0.2, 0) is 33.4 Å². The molecule has 4 heterocycles. The summed E-state index contributed by atoms with van der Waals surface area (Å²) in [6.45, 7) is 6.22. The van der Waals surface area contributed by atoms with Crippen LogP contribution in [0.3, 0.4) is 0 Å². The zero-order chi connectivity index (χ0) is 20.8. The van der Waals surface area contributed by atoms with Crippen LogP contribution in [0.5, 0.6) is 0 Å². The first-order valence-corrected chi connectivity index (χ1v) is 13.5. The molecule has 9 heteroatoms. The number of aliphatic hydroxyl groups is 1. The number of likely N-dealkylation sites (tertiary alicyclic amines) is 1. The van der Waals surface area contributed by atoms with Crippen molar-refractivity contribution in [1.82, 2.24) is 9.21 Å². The first-order chi connectivity index (χ1) is 13.7. The molecule has 3 aliphatic rings. The Hall–Kier alpha value is -0.220. The van der Waals surface area contributed by atoms with Gasteiger partial charge in [-0.1, -0.05) is 11.6 Å². The van der Waals surface area contributed by atoms with Crippen molar-refractivity contribution in [2.45, 2.75) is 57.3 Å². The number of ether oxygens (including phenoxy) is 1. The third kappa shape index (κ3) is 4.27. The summed E-state index contributed by atoms with van der Waals surface area (Å²) in [6, 6.07) is 0.390. The van der Waals surface area contributed by atoms with Crippen LogP contribution < -0.4 is 0 Å². The van der Waals surface area contributed by atoms with Crippen molar-refractivity contribution >= 4 is 33.0 Å². The van der Waals surface area contributed by atoms with Gasteiger partial charge in [0.25, 0.3) is 0 Å². The Labute approximate surface area is 182 Å². The van der Waals surface area contributed by atoms with Gasteiger partial charge in [-0.05, 0) is 50.5 Å². The van der Waals surface area contributed by atoms with E-state index in [1.165, 1.54) is 16.7 Å². The minimum atomic E-state index is -3.07. The molecule has 1 N–H and O–H groups in total. The molecular formula is C20H31ClN2O4S2. The second-order valence-electron chi connectivity index (χ2n) is 8.82. The highest BCUT2D eigenvalue weighted by molar-refractivity contribution is 7.88. The molecule has 2 atom stereocenters. The maximum Gasteiger partial charge on any atom is 0.211 e. The highest BCUT2D eigenvalue weighted by Crippen LogP contribution is 2.49. The van der Waals surface area contributed by atoms with Crippen molar-refractivity contribution in [3.63, 3.8) is 0 Å². The molecular weight excluding hydrogens is 432 g/mol. The van der Waals surface area contributed by atoms with Crippen LogP contribution in [0.4, 0.5) is 0 Å². The molecule has 0 saturated carbocycles. The van der Waals surface area contributed by atoms with Gasteiger partial charge in [0, 0.05) is 42.7 Å². The smallest absolute Gasteiger partial charge is 0.211 e. The van der Waals surface area contributed by atoms with Crippen LogP contribution in [0.25, 0.3) is 0 Å². The lowest BCUT2D eigenvalue weighted by molar-refractivity contribution is -0.111. The fourth-order valence-corrected chi connectivity index (χ4v) is 7.84. The van der Waals surface area contributed by atoms with Gasteiger partial charge in [-0.3, -0.25) is 0 Å². The van der Waals surface area contributed by atoms with Gasteiger partial charge in [0.15, 0.2) is 0 Å². The van der Waals surface area contributed by atoms with Crippen LogP contribution in [-0.4, -0.2) is 67.8 Å². The number of rotatable bonds is 4. The number of fused-ring (bicyclic) bond motifs is 2. The highest BCUT2D eigenvalue weighted by Gasteiger charge is 2.46. The lowest BCUT2D eigenvalue weighted by Gasteiger charge is -2.48. The van der Waals surface area contributed by atoms with Crippen molar-refractivity contribution in [2.24, 2.45) is 5.92 Å². The Balaban J connectivity index is 1.41. The summed E-state index contributed by atoms with van der Waals surface area (Å²) < 4.78 is 32.2. The number of hydrogen-bond acceptors (Lipinski definition) is 6. The lowest BCUT2D eigenvalue weighted by atomic mass is 9.81. The Morgan fingerprint density at radius 3 is 2.66 bits per heavy atom. The minimum Gasteiger partial charge on any atom is -0.392 e. The molecule has 6 nitrogen and oxygen atoms in total. The van der Waals surface area contributed by atoms with Gasteiger partial charge in [0.1, 0.15) is 5.60 Å². The quantitative estimate of drug-likeness (QED) is 0.745. The number of sulfonamides is 1. The standard InChI is InChI=1S/C20H31ClN2O4S2/c1-14-11-20(18-16(5-10-27-20)17(13-24)19(21)28-18)6-9-22(14)12-15-3-7-23(8-4-15)29(2,25)26/h14-15,24H,3-13H2,1-2H3/t14-,20+/m0/s1. The molecule has 3 aliphatic heterocycles. The molecule has 1 aromatic rings. The Kier molecular flexibility index (Phi) is 6.35. The van der Waals surface area contributed by atoms with Gasteiger partial charge < -0.3 is 14.7 Å². The van der Waals surface area contributed by atoms with E-state index >= 15 is 0 Å². The predicted molar refractivity (Wildman–Crippen MR) is 116 cm³/mol. The molecule has 2 saturated heterocycles. The zero-order valence-electron chi connectivity index (χ0n) is 17.2. The molecule has 4 rings (SSSR count). The summed E-state index contributed by atoms with van der Waals surface area (Å²) in [5.41, 5.74) is 1.83. The molecule has 0 aromatic carbocycles. The van der Waals surface area contributed by atoms with Crippen molar-refractivity contribution in [2.75, 3.05) is 39.0 Å². The van der Waals surface area contributed by atoms with Crippen molar-refractivity contribution in [1.29, 1.82) is 0 Å². The second-order valence-corrected chi connectivity index (χ2v) is 12.4. The van der Waals surface area contributed by atoms with Gasteiger partial charge in [-0.25, -0.2) is 12.7 Å². The number of piperidine rings is 2. The summed E-state index contributed by atoms with van der Waals surface area (Å²) in [7, 11) is -3.07. The van der Waals surface area contributed by atoms with Gasteiger partial charge >= 0.3 is 0 Å². The van der Waals surface area contributed by atoms with E-state index in [0.29, 0.717) is 36.0 Å². The molecule has 0 aliphatic carbocycles. The van der Waals surface area contributed by atoms with Gasteiger partial charge in [0.05, 0.1) is 23.8 Å². The largest absolute Gasteiger partial charge is 0.392 e. The number of aliphatic hydroxyl groups excluding tert-OH is 1. The van der Waals surface area contributed by atoms with E-state index in [0.717, 1.165) is 50.8 Å². The van der Waals surface area contributed by atoms with Crippen LogP contribution in [0.15, 0.2) is 0 Å². The first kappa shape index (κ1) is 22.0. The maximum atomic E-state index is 11.7. The van der Waals surface area contributed by atoms with E-state index < -0.39 is 10.0 Å². The molecule has 1 spiro atoms. The number of nitrogens with zero attached hydrogens (tertiary/aromatic N) is 2. The van der Waals surface area contributed by atoms with Crippen LogP contribution in [0, 0.1) is 5.92 Å². The van der Waals surface area contributed by atoms with E-state index in [2.05, 4.69) is 11.8 Å². The highest BCUT2D eigenvalue weighted by atomic mass is 35.5. The van der Waals surface area contributed by atoms with Crippen LogP contribution >= 0.6 is 22.9 Å². The van der Waals surface area contributed by atoms with Crippen LogP contribution in [0.1, 0.15) is 48.6 Å². The fraction of sp³-hybridized carbons (Fsp3) is 0.800. The summed E-state index contributed by atoms with van der Waals surface area (Å²) in [5.74, 6) is 0.546. The van der Waals surface area contributed by atoms with E-state index in [9.17, 15) is 13.5 Å². The lowest BCUT2D eigenvalue weighted by Crippen LogP contribution is -2.52. The first-order valence-electron chi connectivity index (χ1n) is 10.5. The van der Waals surface area contributed by atoms with E-state index in [1.54, 1.807) is 15.6 Å². The third-order valence-corrected chi connectivity index (χ3v) is 9.97. The maximum absolute atomic E-state index is 11.7. The molecule has 164 valence electrons. The van der Waals surface area contributed by atoms with Gasteiger partial charge in [-0.15, -0.1) is 11.3 Å². The van der Waals surface area contributed by atoms with E-state index in [4.69, 9.17) is 16.3 Å². The normalized spacial score (nSPS) is 30.0. The number of hydrogen-bond donors (Lipinski definition) is 1. The number of thiophene rings is 1. The third-order valence-electron chi connectivity index (χ3n) is 6.96. The summed E-state index contributed by atoms with van der Waals surface area (Å²) in [5, 5.41) is 9.73. The molecule has 0 radical (unpaired) electrons. The SMILES string of the molecule is C[C@H]1C[C@@]2(CCN1CC1CCN(S(C)(=O)=O)CC1)OCCc1c2sc(Cl)c1CO. The topological polar surface area (TPSA) is 70.1 Å². The van der Waals surface area contributed by atoms with Crippen molar-refractivity contribution < 1.29 is 18.3 Å².